The molecule has 1 N–H and O–H groups in total. The van der Waals surface area contributed by atoms with Crippen molar-refractivity contribution >= 4 is 18.1 Å². The van der Waals surface area contributed by atoms with Crippen LogP contribution in [-0.2, 0) is 4.74 Å². The molecule has 0 aliphatic carbocycles. The first-order chi connectivity index (χ1) is 13.8. The summed E-state index contributed by atoms with van der Waals surface area (Å²) in [6.07, 6.45) is 2.00. The molecule has 0 atom stereocenters. The average molecular weight is 402 g/mol. The van der Waals surface area contributed by atoms with Gasteiger partial charge in [-0.3, -0.25) is 4.79 Å². The average Bonchev–Trinajstić information content (AvgIpc) is 3.14. The number of hydrogen-bond donors (Lipinski definition) is 1. The monoisotopic (exact) mass is 402 g/mol. The van der Waals surface area contributed by atoms with Crippen molar-refractivity contribution < 1.29 is 23.1 Å². The summed E-state index contributed by atoms with van der Waals surface area (Å²) in [6, 6.07) is 7.90. The molecule has 156 valence electrons. The minimum absolute atomic E-state index is 0.156. The van der Waals surface area contributed by atoms with E-state index in [4.69, 9.17) is 9.15 Å². The number of nitrogens with one attached hydrogen (secondary N) is 1. The molecule has 1 aromatic carbocycles. The molecule has 1 aliphatic heterocycles. The molecule has 1 aliphatic rings. The number of furan rings is 1. The number of halogens is 1. The first-order valence-corrected chi connectivity index (χ1v) is 9.82. The van der Waals surface area contributed by atoms with Crippen LogP contribution in [0.4, 0.5) is 14.9 Å². The Morgan fingerprint density at radius 1 is 1.28 bits per heavy atom. The fraction of sp³-hybridized carbons (Fsp3) is 0.455. The molecule has 0 spiro atoms. The summed E-state index contributed by atoms with van der Waals surface area (Å²) in [5.41, 5.74) is 0.428. The minimum Gasteiger partial charge on any atom is -0.453 e. The van der Waals surface area contributed by atoms with Crippen LogP contribution in [0.5, 0.6) is 0 Å². The molecule has 1 fully saturated rings. The number of aldehydes is 1. The molecule has 0 radical (unpaired) electrons. The first kappa shape index (κ1) is 20.9. The van der Waals surface area contributed by atoms with Gasteiger partial charge >= 0.3 is 6.09 Å². The summed E-state index contributed by atoms with van der Waals surface area (Å²) in [5, 5.41) is 3.31. The van der Waals surface area contributed by atoms with Crippen molar-refractivity contribution in [3.8, 4) is 11.3 Å². The van der Waals surface area contributed by atoms with Gasteiger partial charge in [-0.05, 0) is 63.8 Å². The third kappa shape index (κ3) is 5.37. The molecule has 1 saturated heterocycles. The number of amides is 1. The zero-order valence-electron chi connectivity index (χ0n) is 17.0. The lowest BCUT2D eigenvalue weighted by Crippen LogP contribution is -2.42. The molecular formula is C22H27FN2O4. The lowest BCUT2D eigenvalue weighted by Gasteiger charge is -2.33. The van der Waals surface area contributed by atoms with Gasteiger partial charge in [0.25, 0.3) is 0 Å². The van der Waals surface area contributed by atoms with Gasteiger partial charge in [0.1, 0.15) is 17.2 Å². The maximum atomic E-state index is 14.4. The number of benzene rings is 1. The number of rotatable bonds is 5. The summed E-state index contributed by atoms with van der Waals surface area (Å²) in [6.45, 7) is 7.50. The SMILES string of the molecule is CC(C)(C)OC(=O)N1CCC(CNc2cccc(F)c2-c2ccc(C=O)o2)CC1. The fourth-order valence-electron chi connectivity index (χ4n) is 3.37. The molecule has 6 nitrogen and oxygen atoms in total. The molecule has 0 bridgehead atoms. The van der Waals surface area contributed by atoms with Crippen molar-refractivity contribution in [3.63, 3.8) is 0 Å². The van der Waals surface area contributed by atoms with Gasteiger partial charge < -0.3 is 19.4 Å². The quantitative estimate of drug-likeness (QED) is 0.716. The highest BCUT2D eigenvalue weighted by molar-refractivity contribution is 5.78. The van der Waals surface area contributed by atoms with Gasteiger partial charge in [0.15, 0.2) is 12.0 Å². The van der Waals surface area contributed by atoms with Crippen LogP contribution >= 0.6 is 0 Å². The van der Waals surface area contributed by atoms with Crippen LogP contribution in [-0.4, -0.2) is 42.5 Å². The van der Waals surface area contributed by atoms with Crippen molar-refractivity contribution in [2.45, 2.75) is 39.2 Å². The van der Waals surface area contributed by atoms with E-state index in [1.807, 2.05) is 20.8 Å². The Balaban J connectivity index is 1.60. The van der Waals surface area contributed by atoms with Crippen LogP contribution in [0, 0.1) is 11.7 Å². The van der Waals surface area contributed by atoms with E-state index in [0.717, 1.165) is 12.8 Å². The Morgan fingerprint density at radius 2 is 2.00 bits per heavy atom. The lowest BCUT2D eigenvalue weighted by atomic mass is 9.96. The van der Waals surface area contributed by atoms with Gasteiger partial charge in [-0.25, -0.2) is 9.18 Å². The Hall–Kier alpha value is -2.83. The van der Waals surface area contributed by atoms with Crippen LogP contribution in [0.25, 0.3) is 11.3 Å². The van der Waals surface area contributed by atoms with Crippen molar-refractivity contribution in [2.24, 2.45) is 5.92 Å². The number of carbonyl (C=O) groups excluding carboxylic acids is 2. The van der Waals surface area contributed by atoms with Crippen LogP contribution in [0.1, 0.15) is 44.2 Å². The Bertz CT molecular complexity index is 864. The van der Waals surface area contributed by atoms with Gasteiger partial charge in [-0.2, -0.15) is 0 Å². The predicted molar refractivity (Wildman–Crippen MR) is 109 cm³/mol. The van der Waals surface area contributed by atoms with Crippen molar-refractivity contribution in [2.75, 3.05) is 25.0 Å². The number of anilines is 1. The third-order valence-corrected chi connectivity index (χ3v) is 4.85. The first-order valence-electron chi connectivity index (χ1n) is 9.82. The number of likely N-dealkylation sites (tertiary alicyclic amines) is 1. The largest absolute Gasteiger partial charge is 0.453 e. The predicted octanol–water partition coefficient (Wildman–Crippen LogP) is 4.96. The number of ether oxygens (including phenoxy) is 1. The highest BCUT2D eigenvalue weighted by atomic mass is 19.1. The van der Waals surface area contributed by atoms with E-state index < -0.39 is 11.4 Å². The van der Waals surface area contributed by atoms with Crippen LogP contribution in [0.15, 0.2) is 34.7 Å². The smallest absolute Gasteiger partial charge is 0.410 e. The maximum Gasteiger partial charge on any atom is 0.410 e. The molecule has 2 heterocycles. The summed E-state index contributed by atoms with van der Waals surface area (Å²) < 4.78 is 25.3. The molecule has 1 amide bonds. The highest BCUT2D eigenvalue weighted by Crippen LogP contribution is 2.32. The minimum atomic E-state index is -0.501. The highest BCUT2D eigenvalue weighted by Gasteiger charge is 2.27. The van der Waals surface area contributed by atoms with E-state index in [1.165, 1.54) is 12.1 Å². The number of piperidine rings is 1. The molecular weight excluding hydrogens is 375 g/mol. The molecule has 3 rings (SSSR count). The molecule has 0 unspecified atom stereocenters. The van der Waals surface area contributed by atoms with Gasteiger partial charge in [-0.1, -0.05) is 6.07 Å². The van der Waals surface area contributed by atoms with E-state index in [-0.39, 0.29) is 11.9 Å². The van der Waals surface area contributed by atoms with Crippen LogP contribution in [0.2, 0.25) is 0 Å². The number of hydrogen-bond acceptors (Lipinski definition) is 5. The van der Waals surface area contributed by atoms with E-state index in [1.54, 1.807) is 23.1 Å². The van der Waals surface area contributed by atoms with Gasteiger partial charge in [0.2, 0.25) is 0 Å². The Morgan fingerprint density at radius 3 is 2.62 bits per heavy atom. The van der Waals surface area contributed by atoms with Crippen molar-refractivity contribution in [1.82, 2.24) is 4.90 Å². The second-order valence-electron chi connectivity index (χ2n) is 8.27. The topological polar surface area (TPSA) is 71.8 Å². The molecule has 7 heteroatoms. The zero-order valence-corrected chi connectivity index (χ0v) is 17.0. The molecule has 29 heavy (non-hydrogen) atoms. The molecule has 1 aromatic heterocycles. The summed E-state index contributed by atoms with van der Waals surface area (Å²) in [7, 11) is 0. The van der Waals surface area contributed by atoms with Crippen LogP contribution in [0.3, 0.4) is 0 Å². The van der Waals surface area contributed by atoms with Gasteiger partial charge in [-0.15, -0.1) is 0 Å². The molecule has 0 saturated carbocycles. The second-order valence-corrected chi connectivity index (χ2v) is 8.27. The fourth-order valence-corrected chi connectivity index (χ4v) is 3.37. The normalized spacial score (nSPS) is 15.2. The Labute approximate surface area is 170 Å². The lowest BCUT2D eigenvalue weighted by molar-refractivity contribution is 0.0188. The number of nitrogens with zero attached hydrogens (tertiary/aromatic N) is 1. The zero-order chi connectivity index (χ0) is 21.0. The van der Waals surface area contributed by atoms with E-state index in [0.29, 0.717) is 48.8 Å². The maximum absolute atomic E-state index is 14.4. The molecule has 2 aromatic rings. The van der Waals surface area contributed by atoms with Gasteiger partial charge in [0.05, 0.1) is 5.56 Å². The van der Waals surface area contributed by atoms with Crippen LogP contribution < -0.4 is 5.32 Å². The van der Waals surface area contributed by atoms with E-state index >= 15 is 0 Å². The van der Waals surface area contributed by atoms with Crippen molar-refractivity contribution in [1.29, 1.82) is 0 Å². The van der Waals surface area contributed by atoms with Crippen molar-refractivity contribution in [3.05, 3.63) is 41.9 Å². The summed E-state index contributed by atoms with van der Waals surface area (Å²) in [4.78, 5) is 24.8. The van der Waals surface area contributed by atoms with Gasteiger partial charge in [0, 0.05) is 25.3 Å². The summed E-state index contributed by atoms with van der Waals surface area (Å²) in [5.74, 6) is 0.407. The number of carbonyl (C=O) groups is 2. The van der Waals surface area contributed by atoms with E-state index in [9.17, 15) is 14.0 Å². The summed E-state index contributed by atoms with van der Waals surface area (Å²) >= 11 is 0. The Kier molecular flexibility index (Phi) is 6.25. The second kappa shape index (κ2) is 8.68. The standard InChI is InChI=1S/C22H27FN2O4/c1-22(2,3)29-21(27)25-11-9-15(10-12-25)13-24-18-6-4-5-17(23)20(18)19-8-7-16(14-26)28-19/h4-8,14-15,24H,9-13H2,1-3H3. The third-order valence-electron chi connectivity index (χ3n) is 4.85. The van der Waals surface area contributed by atoms with E-state index in [2.05, 4.69) is 5.32 Å².